The van der Waals surface area contributed by atoms with E-state index >= 15 is 0 Å². The molecule has 2 heterocycles. The van der Waals surface area contributed by atoms with E-state index in [2.05, 4.69) is 50.3 Å². The van der Waals surface area contributed by atoms with Crippen LogP contribution in [0, 0.1) is 11.8 Å². The molecule has 0 bridgehead atoms. The molecule has 28 heavy (non-hydrogen) atoms. The van der Waals surface area contributed by atoms with Gasteiger partial charge in [0.2, 0.25) is 5.91 Å². The normalized spacial score (nSPS) is 17.1. The van der Waals surface area contributed by atoms with Crippen molar-refractivity contribution in [3.63, 3.8) is 0 Å². The SMILES string of the molecule is CN=C(NCCNC(=O)C(C)C)NCC(c1cccs1)N1CCC(C)CC1.I. The molecule has 1 saturated heterocycles. The minimum Gasteiger partial charge on any atom is -0.355 e. The van der Waals surface area contributed by atoms with E-state index in [-0.39, 0.29) is 35.8 Å². The van der Waals surface area contributed by atoms with Crippen molar-refractivity contribution in [2.75, 3.05) is 39.8 Å². The van der Waals surface area contributed by atoms with E-state index in [1.54, 1.807) is 7.05 Å². The third-order valence-corrected chi connectivity index (χ3v) is 6.03. The first-order valence-corrected chi connectivity index (χ1v) is 10.9. The van der Waals surface area contributed by atoms with Crippen LogP contribution in [0.5, 0.6) is 0 Å². The van der Waals surface area contributed by atoms with E-state index in [0.29, 0.717) is 19.1 Å². The molecule has 1 unspecified atom stereocenters. The van der Waals surface area contributed by atoms with Crippen LogP contribution in [0.3, 0.4) is 0 Å². The van der Waals surface area contributed by atoms with Crippen molar-refractivity contribution in [1.29, 1.82) is 0 Å². The highest BCUT2D eigenvalue weighted by atomic mass is 127. The molecule has 2 rings (SSSR count). The van der Waals surface area contributed by atoms with Crippen LogP contribution in [-0.4, -0.2) is 56.5 Å². The Labute approximate surface area is 191 Å². The number of carbonyl (C=O) groups excluding carboxylic acids is 1. The maximum Gasteiger partial charge on any atom is 0.222 e. The van der Waals surface area contributed by atoms with Crippen LogP contribution in [-0.2, 0) is 4.79 Å². The lowest BCUT2D eigenvalue weighted by atomic mass is 9.97. The number of aliphatic imine (C=N–C) groups is 1. The lowest BCUT2D eigenvalue weighted by Crippen LogP contribution is -2.46. The van der Waals surface area contributed by atoms with E-state index < -0.39 is 0 Å². The third kappa shape index (κ3) is 8.24. The van der Waals surface area contributed by atoms with Crippen LogP contribution in [0.2, 0.25) is 0 Å². The van der Waals surface area contributed by atoms with E-state index in [9.17, 15) is 4.79 Å². The molecule has 0 saturated carbocycles. The van der Waals surface area contributed by atoms with Gasteiger partial charge in [-0.2, -0.15) is 0 Å². The summed E-state index contributed by atoms with van der Waals surface area (Å²) in [5, 5.41) is 11.8. The zero-order valence-corrected chi connectivity index (χ0v) is 20.7. The molecule has 0 spiro atoms. The topological polar surface area (TPSA) is 68.8 Å². The number of rotatable bonds is 8. The summed E-state index contributed by atoms with van der Waals surface area (Å²) >= 11 is 1.82. The highest BCUT2D eigenvalue weighted by molar-refractivity contribution is 14.0. The fraction of sp³-hybridized carbons (Fsp3) is 0.700. The van der Waals surface area contributed by atoms with Gasteiger partial charge in [-0.1, -0.05) is 26.8 Å². The number of hydrogen-bond acceptors (Lipinski definition) is 4. The number of nitrogens with zero attached hydrogens (tertiary/aromatic N) is 2. The van der Waals surface area contributed by atoms with Crippen molar-refractivity contribution < 1.29 is 4.79 Å². The molecule has 6 nitrogen and oxygen atoms in total. The Morgan fingerprint density at radius 2 is 1.93 bits per heavy atom. The molecule has 1 aromatic rings. The van der Waals surface area contributed by atoms with Crippen LogP contribution < -0.4 is 16.0 Å². The number of carbonyl (C=O) groups is 1. The standard InChI is InChI=1S/C20H35N5OS.HI/c1-15(2)19(26)22-9-10-23-20(21-4)24-14-17(18-6-5-13-27-18)25-11-7-16(3)8-12-25;/h5-6,13,15-17H,7-12,14H2,1-4H3,(H,22,26)(H2,21,23,24);1H. The fourth-order valence-electron chi connectivity index (χ4n) is 3.22. The van der Waals surface area contributed by atoms with Crippen molar-refractivity contribution in [3.05, 3.63) is 22.4 Å². The van der Waals surface area contributed by atoms with Crippen molar-refractivity contribution in [2.45, 2.75) is 39.7 Å². The zero-order valence-electron chi connectivity index (χ0n) is 17.5. The molecular weight excluding hydrogens is 485 g/mol. The maximum absolute atomic E-state index is 11.6. The molecule has 1 aliphatic heterocycles. The number of amides is 1. The minimum absolute atomic E-state index is 0. The van der Waals surface area contributed by atoms with Gasteiger partial charge in [-0.15, -0.1) is 35.3 Å². The average molecular weight is 522 g/mol. The Morgan fingerprint density at radius 3 is 2.50 bits per heavy atom. The van der Waals surface area contributed by atoms with Gasteiger partial charge in [0, 0.05) is 37.5 Å². The minimum atomic E-state index is 0. The van der Waals surface area contributed by atoms with Gasteiger partial charge in [0.25, 0.3) is 0 Å². The summed E-state index contributed by atoms with van der Waals surface area (Å²) < 4.78 is 0. The number of halogens is 1. The Hall–Kier alpha value is -0.870. The Kier molecular flexibility index (Phi) is 12.0. The van der Waals surface area contributed by atoms with Crippen LogP contribution in [0.25, 0.3) is 0 Å². The van der Waals surface area contributed by atoms with Crippen LogP contribution in [0.4, 0.5) is 0 Å². The number of hydrogen-bond donors (Lipinski definition) is 3. The second-order valence-electron chi connectivity index (χ2n) is 7.58. The van der Waals surface area contributed by atoms with Gasteiger partial charge in [-0.3, -0.25) is 14.7 Å². The van der Waals surface area contributed by atoms with Crippen LogP contribution >= 0.6 is 35.3 Å². The molecule has 1 atom stereocenters. The average Bonchev–Trinajstić information content (AvgIpc) is 3.19. The highest BCUT2D eigenvalue weighted by Gasteiger charge is 2.25. The van der Waals surface area contributed by atoms with Gasteiger partial charge in [0.15, 0.2) is 5.96 Å². The predicted molar refractivity (Wildman–Crippen MR) is 130 cm³/mol. The maximum atomic E-state index is 11.6. The number of thiophene rings is 1. The van der Waals surface area contributed by atoms with Gasteiger partial charge in [0.1, 0.15) is 0 Å². The van der Waals surface area contributed by atoms with Gasteiger partial charge >= 0.3 is 0 Å². The first kappa shape index (κ1) is 25.2. The van der Waals surface area contributed by atoms with Gasteiger partial charge in [-0.25, -0.2) is 0 Å². The molecule has 1 fully saturated rings. The Morgan fingerprint density at radius 1 is 1.25 bits per heavy atom. The number of guanidine groups is 1. The summed E-state index contributed by atoms with van der Waals surface area (Å²) in [6, 6.07) is 4.73. The van der Waals surface area contributed by atoms with Gasteiger partial charge in [-0.05, 0) is 43.3 Å². The quantitative estimate of drug-likeness (QED) is 0.213. The number of likely N-dealkylation sites (tertiary alicyclic amines) is 1. The lowest BCUT2D eigenvalue weighted by Gasteiger charge is -2.36. The van der Waals surface area contributed by atoms with E-state index in [0.717, 1.165) is 31.5 Å². The van der Waals surface area contributed by atoms with Crippen molar-refractivity contribution in [3.8, 4) is 0 Å². The molecule has 0 aromatic carbocycles. The molecule has 0 aliphatic carbocycles. The smallest absolute Gasteiger partial charge is 0.222 e. The molecule has 160 valence electrons. The van der Waals surface area contributed by atoms with Crippen LogP contribution in [0.15, 0.2) is 22.5 Å². The molecule has 1 amide bonds. The van der Waals surface area contributed by atoms with Gasteiger partial charge < -0.3 is 16.0 Å². The molecule has 8 heteroatoms. The summed E-state index contributed by atoms with van der Waals surface area (Å²) in [5.41, 5.74) is 0. The second-order valence-corrected chi connectivity index (χ2v) is 8.55. The predicted octanol–water partition coefficient (Wildman–Crippen LogP) is 3.08. The Bertz CT molecular complexity index is 585. The van der Waals surface area contributed by atoms with Crippen LogP contribution in [0.1, 0.15) is 44.5 Å². The van der Waals surface area contributed by atoms with Crippen molar-refractivity contribution in [1.82, 2.24) is 20.9 Å². The first-order valence-electron chi connectivity index (χ1n) is 10.0. The summed E-state index contributed by atoms with van der Waals surface area (Å²) in [6.45, 7) is 10.5. The van der Waals surface area contributed by atoms with Crippen molar-refractivity contribution >= 4 is 47.2 Å². The van der Waals surface area contributed by atoms with Crippen molar-refractivity contribution in [2.24, 2.45) is 16.8 Å². The zero-order chi connectivity index (χ0) is 19.6. The van der Waals surface area contributed by atoms with E-state index in [4.69, 9.17) is 0 Å². The second kappa shape index (κ2) is 13.4. The fourth-order valence-corrected chi connectivity index (χ4v) is 4.08. The van der Waals surface area contributed by atoms with E-state index in [1.165, 1.54) is 17.7 Å². The number of nitrogens with one attached hydrogen (secondary N) is 3. The molecule has 1 aromatic heterocycles. The molecule has 1 aliphatic rings. The Balaban J connectivity index is 0.00000392. The van der Waals surface area contributed by atoms with Gasteiger partial charge in [0.05, 0.1) is 6.04 Å². The first-order chi connectivity index (χ1) is 13.0. The summed E-state index contributed by atoms with van der Waals surface area (Å²) in [7, 11) is 1.78. The lowest BCUT2D eigenvalue weighted by molar-refractivity contribution is -0.123. The molecule has 3 N–H and O–H groups in total. The summed E-state index contributed by atoms with van der Waals surface area (Å²) in [6.07, 6.45) is 2.54. The molecule has 0 radical (unpaired) electrons. The monoisotopic (exact) mass is 521 g/mol. The summed E-state index contributed by atoms with van der Waals surface area (Å²) in [4.78, 5) is 19.9. The largest absolute Gasteiger partial charge is 0.355 e. The third-order valence-electron chi connectivity index (χ3n) is 5.06. The molecular formula is C20H36IN5OS. The highest BCUT2D eigenvalue weighted by Crippen LogP contribution is 2.28. The number of piperidine rings is 1. The van der Waals surface area contributed by atoms with E-state index in [1.807, 2.05) is 25.2 Å². The summed E-state index contributed by atoms with van der Waals surface area (Å²) in [5.74, 6) is 1.70.